The summed E-state index contributed by atoms with van der Waals surface area (Å²) in [5.41, 5.74) is 17.6. The average molecular weight is 460 g/mol. The summed E-state index contributed by atoms with van der Waals surface area (Å²) in [5, 5.41) is 6.73. The summed E-state index contributed by atoms with van der Waals surface area (Å²) < 4.78 is 22.9. The van der Waals surface area contributed by atoms with Gasteiger partial charge in [-0.05, 0) is 21.3 Å². The first-order valence-electron chi connectivity index (χ1n) is 9.23. The van der Waals surface area contributed by atoms with Gasteiger partial charge in [-0.1, -0.05) is 0 Å². The van der Waals surface area contributed by atoms with Crippen molar-refractivity contribution in [3.05, 3.63) is 27.2 Å². The van der Waals surface area contributed by atoms with Gasteiger partial charge in [-0.2, -0.15) is 0 Å². The highest BCUT2D eigenvalue weighted by atomic mass is 16.6. The Morgan fingerprint density at radius 2 is 1.67 bits per heavy atom. The van der Waals surface area contributed by atoms with Gasteiger partial charge in [-0.25, -0.2) is 15.0 Å². The van der Waals surface area contributed by atoms with Crippen LogP contribution in [0.1, 0.15) is 27.0 Å². The molecular formula is C16H16N10O7. The Kier molecular flexibility index (Phi) is 6.88. The van der Waals surface area contributed by atoms with Gasteiger partial charge >= 0.3 is 17.9 Å². The first kappa shape index (κ1) is 23.2. The van der Waals surface area contributed by atoms with Crippen LogP contribution in [0, 0.1) is 0 Å². The molecule has 0 unspecified atom stereocenters. The number of hydrogen-bond acceptors (Lipinski definition) is 12. The first-order valence-corrected chi connectivity index (χ1v) is 9.23. The minimum absolute atomic E-state index is 0.00413. The molecule has 0 N–H and O–H groups in total. The van der Waals surface area contributed by atoms with E-state index in [4.69, 9.17) is 30.0 Å². The van der Waals surface area contributed by atoms with Crippen LogP contribution < -0.4 is 0 Å². The Morgan fingerprint density at radius 1 is 1.03 bits per heavy atom. The molecule has 3 rings (SSSR count). The van der Waals surface area contributed by atoms with Gasteiger partial charge in [-0.15, -0.1) is 0 Å². The van der Waals surface area contributed by atoms with Crippen LogP contribution in [0.2, 0.25) is 0 Å². The maximum atomic E-state index is 11.8. The second-order valence-electron chi connectivity index (χ2n) is 6.57. The van der Waals surface area contributed by atoms with Gasteiger partial charge in [0.05, 0.1) is 12.9 Å². The molecule has 1 aliphatic rings. The summed E-state index contributed by atoms with van der Waals surface area (Å²) in [6.45, 7) is 3.19. The van der Waals surface area contributed by atoms with E-state index in [0.29, 0.717) is 0 Å². The number of nitrogens with zero attached hydrogens (tertiary/aromatic N) is 10. The highest BCUT2D eigenvalue weighted by molar-refractivity contribution is 5.82. The number of rotatable bonds is 6. The first-order chi connectivity index (χ1) is 15.7. The fourth-order valence-corrected chi connectivity index (χ4v) is 3.23. The largest absolute Gasteiger partial charge is 0.456 e. The van der Waals surface area contributed by atoms with Crippen molar-refractivity contribution in [2.75, 3.05) is 6.61 Å². The molecule has 17 nitrogen and oxygen atoms in total. The third kappa shape index (κ3) is 5.07. The molecular weight excluding hydrogens is 444 g/mol. The van der Waals surface area contributed by atoms with Crippen molar-refractivity contribution in [2.24, 2.45) is 10.2 Å². The Hall–Kier alpha value is -4.46. The molecule has 1 saturated heterocycles. The van der Waals surface area contributed by atoms with Gasteiger partial charge in [0.25, 0.3) is 0 Å². The summed E-state index contributed by atoms with van der Waals surface area (Å²) in [6.07, 6.45) is -3.56. The van der Waals surface area contributed by atoms with E-state index in [0.717, 1.165) is 20.8 Å². The number of esters is 3. The van der Waals surface area contributed by atoms with Crippen LogP contribution in [0.5, 0.6) is 0 Å². The fourth-order valence-electron chi connectivity index (χ4n) is 3.23. The van der Waals surface area contributed by atoms with E-state index in [-0.39, 0.29) is 29.5 Å². The van der Waals surface area contributed by atoms with Gasteiger partial charge in [0.2, 0.25) is 5.95 Å². The molecule has 172 valence electrons. The number of fused-ring (bicyclic) bond motifs is 1. The predicted molar refractivity (Wildman–Crippen MR) is 105 cm³/mol. The Morgan fingerprint density at radius 3 is 2.27 bits per heavy atom. The van der Waals surface area contributed by atoms with Crippen molar-refractivity contribution >= 4 is 40.8 Å². The van der Waals surface area contributed by atoms with Crippen molar-refractivity contribution in [2.45, 2.75) is 45.3 Å². The summed E-state index contributed by atoms with van der Waals surface area (Å²) in [7, 11) is 0. The minimum Gasteiger partial charge on any atom is -0.456 e. The molecule has 0 amide bonds. The summed E-state index contributed by atoms with van der Waals surface area (Å²) >= 11 is 0. The van der Waals surface area contributed by atoms with Gasteiger partial charge in [0.1, 0.15) is 5.52 Å². The topological polar surface area (TPSA) is 229 Å². The number of carbonyl (C=O) groups excluding carboxylic acids is 3. The number of hydrogen-bond donors (Lipinski definition) is 0. The van der Waals surface area contributed by atoms with Gasteiger partial charge in [-0.3, -0.25) is 19.0 Å². The lowest BCUT2D eigenvalue weighted by Gasteiger charge is -2.40. The summed E-state index contributed by atoms with van der Waals surface area (Å²) in [6, 6.07) is 0. The van der Waals surface area contributed by atoms with E-state index in [1.165, 1.54) is 10.9 Å². The van der Waals surface area contributed by atoms with Gasteiger partial charge < -0.3 is 18.9 Å². The quantitative estimate of drug-likeness (QED) is 0.200. The zero-order valence-corrected chi connectivity index (χ0v) is 17.4. The van der Waals surface area contributed by atoms with Crippen LogP contribution in [0.25, 0.3) is 32.0 Å². The number of imidazole rings is 1. The molecule has 4 atom stereocenters. The normalized spacial score (nSPS) is 21.9. The van der Waals surface area contributed by atoms with Crippen molar-refractivity contribution < 1.29 is 33.3 Å². The number of carbonyl (C=O) groups is 3. The van der Waals surface area contributed by atoms with Crippen molar-refractivity contribution in [3.8, 4) is 0 Å². The van der Waals surface area contributed by atoms with Crippen LogP contribution in [0.4, 0.5) is 11.8 Å². The second kappa shape index (κ2) is 9.78. The summed E-state index contributed by atoms with van der Waals surface area (Å²) in [5.74, 6) is -2.72. The molecule has 1 fully saturated rings. The van der Waals surface area contributed by atoms with Crippen LogP contribution in [0.15, 0.2) is 16.6 Å². The van der Waals surface area contributed by atoms with Gasteiger partial charge in [0.15, 0.2) is 36.0 Å². The number of ether oxygens (including phenoxy) is 4. The Bertz CT molecular complexity index is 1200. The zero-order chi connectivity index (χ0) is 24.1. The molecule has 2 aromatic heterocycles. The zero-order valence-electron chi connectivity index (χ0n) is 17.4. The van der Waals surface area contributed by atoms with Crippen LogP contribution in [0.3, 0.4) is 0 Å². The third-order valence-corrected chi connectivity index (χ3v) is 4.26. The van der Waals surface area contributed by atoms with Crippen molar-refractivity contribution in [3.63, 3.8) is 0 Å². The number of azide groups is 2. The fraction of sp³-hybridized carbons (Fsp3) is 0.500. The van der Waals surface area contributed by atoms with Crippen molar-refractivity contribution in [1.82, 2.24) is 19.5 Å². The molecule has 17 heteroatoms. The molecule has 0 saturated carbocycles. The summed E-state index contributed by atoms with van der Waals surface area (Å²) in [4.78, 5) is 52.4. The average Bonchev–Trinajstić information content (AvgIpc) is 3.14. The van der Waals surface area contributed by atoms with E-state index >= 15 is 0 Å². The van der Waals surface area contributed by atoms with Crippen LogP contribution in [-0.4, -0.2) is 62.3 Å². The van der Waals surface area contributed by atoms with E-state index in [2.05, 4.69) is 35.0 Å². The molecule has 2 aromatic rings. The molecule has 33 heavy (non-hydrogen) atoms. The van der Waals surface area contributed by atoms with Gasteiger partial charge in [0, 0.05) is 30.6 Å². The smallest absolute Gasteiger partial charge is 0.303 e. The molecule has 3 heterocycles. The predicted octanol–water partition coefficient (Wildman–Crippen LogP) is 2.03. The SMILES string of the molecule is CC(=O)O[C@H]1[C@H](OC(C)=O)[C@@H](n2cnc3c(N=[N+]=[N-])nc(N=[N+]=[N-])nc32)OC[C@H]1OC(C)=O. The lowest BCUT2D eigenvalue weighted by atomic mass is 10.0. The van der Waals surface area contributed by atoms with Crippen LogP contribution in [-0.2, 0) is 33.3 Å². The molecule has 0 aliphatic carbocycles. The lowest BCUT2D eigenvalue weighted by Crippen LogP contribution is -2.55. The highest BCUT2D eigenvalue weighted by Gasteiger charge is 2.48. The van der Waals surface area contributed by atoms with E-state index < -0.39 is 42.4 Å². The highest BCUT2D eigenvalue weighted by Crippen LogP contribution is 2.34. The minimum atomic E-state index is -1.30. The molecule has 1 aliphatic heterocycles. The molecule has 0 spiro atoms. The maximum absolute atomic E-state index is 11.8. The molecule has 0 radical (unpaired) electrons. The Labute approximate surface area is 183 Å². The second-order valence-corrected chi connectivity index (χ2v) is 6.57. The number of aromatic nitrogens is 4. The molecule has 0 aromatic carbocycles. The van der Waals surface area contributed by atoms with Crippen LogP contribution >= 0.6 is 0 Å². The third-order valence-electron chi connectivity index (χ3n) is 4.26. The maximum Gasteiger partial charge on any atom is 0.303 e. The van der Waals surface area contributed by atoms with Crippen molar-refractivity contribution in [1.29, 1.82) is 0 Å². The van der Waals surface area contributed by atoms with E-state index in [9.17, 15) is 14.4 Å². The van der Waals surface area contributed by atoms with E-state index in [1.54, 1.807) is 0 Å². The Balaban J connectivity index is 2.15. The molecule has 0 bridgehead atoms. The standard InChI is InChI=1S/C16H16N10O7/c1-6(27)31-9-4-30-15(12(33-8(3)29)11(9)32-7(2)28)26-5-19-10-13(22-24-17)20-16(23-25-18)21-14(10)26/h5,9,11-12,15H,4H2,1-3H3/t9-,11-,12+,15+/m1/s1. The monoisotopic (exact) mass is 460 g/mol. The van der Waals surface area contributed by atoms with E-state index in [1.807, 2.05) is 0 Å². The lowest BCUT2D eigenvalue weighted by molar-refractivity contribution is -0.239.